The van der Waals surface area contributed by atoms with E-state index in [1.807, 2.05) is 0 Å². The molecule has 0 spiro atoms. The smallest absolute Gasteiger partial charge is 0.429 e. The molecule has 1 rings (SSSR count). The molecule has 0 fully saturated rings. The Morgan fingerprint density at radius 2 is 1.82 bits per heavy atom. The van der Waals surface area contributed by atoms with Gasteiger partial charge >= 0.3 is 18.5 Å². The van der Waals surface area contributed by atoms with Crippen LogP contribution in [-0.2, 0) is 9.47 Å². The molecule has 0 amide bonds. The summed E-state index contributed by atoms with van der Waals surface area (Å²) >= 11 is 4.82. The summed E-state index contributed by atoms with van der Waals surface area (Å²) in [5.41, 5.74) is 0. The third-order valence-electron chi connectivity index (χ3n) is 0.843. The standard InChI is InChI=1S/C4HClF4O2/c5-1-2(6)11-3(10-1)4(7,8)9/h3H. The lowest BCUT2D eigenvalue weighted by molar-refractivity contribution is -0.272. The van der Waals surface area contributed by atoms with E-state index in [0.29, 0.717) is 0 Å². The van der Waals surface area contributed by atoms with Crippen molar-refractivity contribution < 1.29 is 27.0 Å². The van der Waals surface area contributed by atoms with E-state index in [-0.39, 0.29) is 0 Å². The molecule has 11 heavy (non-hydrogen) atoms. The van der Waals surface area contributed by atoms with Crippen LogP contribution in [0.5, 0.6) is 0 Å². The fourth-order valence-corrected chi connectivity index (χ4v) is 0.564. The Kier molecular flexibility index (Phi) is 1.87. The zero-order valence-corrected chi connectivity index (χ0v) is 5.54. The summed E-state index contributed by atoms with van der Waals surface area (Å²) in [5, 5.41) is -1.01. The van der Waals surface area contributed by atoms with Gasteiger partial charge in [0.15, 0.2) is 0 Å². The van der Waals surface area contributed by atoms with E-state index >= 15 is 0 Å². The summed E-state index contributed by atoms with van der Waals surface area (Å²) in [6.45, 7) is 0. The summed E-state index contributed by atoms with van der Waals surface area (Å²) in [4.78, 5) is 0. The lowest BCUT2D eigenvalue weighted by Crippen LogP contribution is -2.29. The first kappa shape index (κ1) is 8.45. The molecule has 0 aromatic heterocycles. The van der Waals surface area contributed by atoms with Crippen LogP contribution in [0.2, 0.25) is 0 Å². The minimum atomic E-state index is -4.77. The average Bonchev–Trinajstić information content (AvgIpc) is 2.11. The van der Waals surface area contributed by atoms with Crippen LogP contribution >= 0.6 is 11.6 Å². The van der Waals surface area contributed by atoms with Crippen LogP contribution in [0.4, 0.5) is 17.6 Å². The monoisotopic (exact) mass is 192 g/mol. The van der Waals surface area contributed by atoms with E-state index in [0.717, 1.165) is 0 Å². The van der Waals surface area contributed by atoms with Crippen molar-refractivity contribution in [2.75, 3.05) is 0 Å². The van der Waals surface area contributed by atoms with Gasteiger partial charge in [0, 0.05) is 0 Å². The van der Waals surface area contributed by atoms with E-state index < -0.39 is 23.7 Å². The summed E-state index contributed by atoms with van der Waals surface area (Å²) < 4.78 is 54.1. The summed E-state index contributed by atoms with van der Waals surface area (Å²) in [5.74, 6) is 0. The highest BCUT2D eigenvalue weighted by molar-refractivity contribution is 6.28. The third kappa shape index (κ3) is 1.68. The predicted molar refractivity (Wildman–Crippen MR) is 26.0 cm³/mol. The molecule has 64 valence electrons. The van der Waals surface area contributed by atoms with Crippen molar-refractivity contribution in [1.82, 2.24) is 0 Å². The van der Waals surface area contributed by atoms with Gasteiger partial charge in [-0.05, 0) is 11.6 Å². The van der Waals surface area contributed by atoms with Crippen molar-refractivity contribution in [3.63, 3.8) is 0 Å². The van der Waals surface area contributed by atoms with Crippen molar-refractivity contribution >= 4 is 11.6 Å². The van der Waals surface area contributed by atoms with Gasteiger partial charge in [-0.25, -0.2) is 0 Å². The second-order valence-electron chi connectivity index (χ2n) is 1.66. The minimum absolute atomic E-state index is 1.01. The number of rotatable bonds is 0. The lowest BCUT2D eigenvalue weighted by atomic mass is 10.6. The van der Waals surface area contributed by atoms with Crippen molar-refractivity contribution in [3.8, 4) is 0 Å². The molecule has 1 unspecified atom stereocenters. The van der Waals surface area contributed by atoms with Gasteiger partial charge in [0.05, 0.1) is 0 Å². The molecule has 1 aliphatic heterocycles. The highest BCUT2D eigenvalue weighted by Crippen LogP contribution is 2.35. The Morgan fingerprint density at radius 3 is 2.00 bits per heavy atom. The second kappa shape index (κ2) is 2.44. The van der Waals surface area contributed by atoms with Crippen LogP contribution in [0.15, 0.2) is 11.2 Å². The molecule has 0 aromatic rings. The van der Waals surface area contributed by atoms with Gasteiger partial charge < -0.3 is 9.47 Å². The fraction of sp³-hybridized carbons (Fsp3) is 0.500. The predicted octanol–water partition coefficient (Wildman–Crippen LogP) is 2.26. The van der Waals surface area contributed by atoms with Crippen LogP contribution in [0, 0.1) is 0 Å². The Bertz CT molecular complexity index is 185. The highest BCUT2D eigenvalue weighted by Gasteiger charge is 2.49. The molecule has 0 aliphatic carbocycles. The quantitative estimate of drug-likeness (QED) is 0.548. The largest absolute Gasteiger partial charge is 0.464 e. The number of ether oxygens (including phenoxy) is 2. The SMILES string of the molecule is FC1=C(Cl)OC(C(F)(F)F)O1. The molecule has 0 N–H and O–H groups in total. The van der Waals surface area contributed by atoms with E-state index in [9.17, 15) is 17.6 Å². The first-order valence-corrected chi connectivity index (χ1v) is 2.74. The maximum atomic E-state index is 12.0. The molecule has 0 saturated carbocycles. The van der Waals surface area contributed by atoms with Crippen molar-refractivity contribution in [3.05, 3.63) is 11.2 Å². The van der Waals surface area contributed by atoms with Crippen LogP contribution in [0.3, 0.4) is 0 Å². The van der Waals surface area contributed by atoms with Gasteiger partial charge in [0.25, 0.3) is 5.22 Å². The third-order valence-corrected chi connectivity index (χ3v) is 1.08. The fourth-order valence-electron chi connectivity index (χ4n) is 0.438. The molecular formula is C4HClF4O2. The highest BCUT2D eigenvalue weighted by atomic mass is 35.5. The van der Waals surface area contributed by atoms with E-state index in [1.165, 1.54) is 0 Å². The molecule has 1 heterocycles. The Labute approximate surface area is 63.3 Å². The van der Waals surface area contributed by atoms with E-state index in [4.69, 9.17) is 11.6 Å². The molecular weight excluding hydrogens is 191 g/mol. The molecule has 1 atom stereocenters. The van der Waals surface area contributed by atoms with Crippen molar-refractivity contribution in [2.24, 2.45) is 0 Å². The van der Waals surface area contributed by atoms with Gasteiger partial charge in [0.2, 0.25) is 0 Å². The van der Waals surface area contributed by atoms with E-state index in [1.54, 1.807) is 0 Å². The van der Waals surface area contributed by atoms with Gasteiger partial charge in [-0.2, -0.15) is 17.6 Å². The molecule has 0 bridgehead atoms. The van der Waals surface area contributed by atoms with Gasteiger partial charge in [-0.1, -0.05) is 0 Å². The van der Waals surface area contributed by atoms with Crippen molar-refractivity contribution in [1.29, 1.82) is 0 Å². The summed E-state index contributed by atoms with van der Waals surface area (Å²) in [7, 11) is 0. The van der Waals surface area contributed by atoms with E-state index in [2.05, 4.69) is 9.47 Å². The molecule has 0 aromatic carbocycles. The van der Waals surface area contributed by atoms with Crippen LogP contribution in [-0.4, -0.2) is 12.5 Å². The molecule has 0 saturated heterocycles. The number of hydrogen-bond acceptors (Lipinski definition) is 2. The summed E-state index contributed by atoms with van der Waals surface area (Å²) in [6, 6.07) is -1.55. The van der Waals surface area contributed by atoms with Crippen LogP contribution in [0.25, 0.3) is 0 Å². The van der Waals surface area contributed by atoms with Crippen LogP contribution < -0.4 is 0 Å². The van der Waals surface area contributed by atoms with Gasteiger partial charge in [0.1, 0.15) is 0 Å². The Morgan fingerprint density at radius 1 is 1.27 bits per heavy atom. The number of alkyl halides is 3. The molecule has 0 radical (unpaired) electrons. The molecule has 1 aliphatic rings. The second-order valence-corrected chi connectivity index (χ2v) is 2.00. The normalized spacial score (nSPS) is 25.0. The van der Waals surface area contributed by atoms with Gasteiger partial charge in [-0.15, -0.1) is 0 Å². The summed E-state index contributed by atoms with van der Waals surface area (Å²) in [6.07, 6.45) is -7.39. The number of halogens is 5. The Hall–Kier alpha value is -0.650. The lowest BCUT2D eigenvalue weighted by Gasteiger charge is -2.12. The molecule has 7 heteroatoms. The number of hydrogen-bond donors (Lipinski definition) is 0. The first-order chi connectivity index (χ1) is 4.91. The van der Waals surface area contributed by atoms with Gasteiger partial charge in [-0.3, -0.25) is 0 Å². The zero-order valence-electron chi connectivity index (χ0n) is 4.78. The topological polar surface area (TPSA) is 18.5 Å². The molecule has 2 nitrogen and oxygen atoms in total. The first-order valence-electron chi connectivity index (χ1n) is 2.36. The maximum absolute atomic E-state index is 12.0. The maximum Gasteiger partial charge on any atom is 0.464 e. The Balaban J connectivity index is 2.62. The average molecular weight is 192 g/mol. The van der Waals surface area contributed by atoms with Crippen LogP contribution in [0.1, 0.15) is 0 Å². The minimum Gasteiger partial charge on any atom is -0.429 e. The zero-order chi connectivity index (χ0) is 8.65. The van der Waals surface area contributed by atoms with Crippen molar-refractivity contribution in [2.45, 2.75) is 12.5 Å².